The average molecular weight is 286 g/mol. The fourth-order valence-corrected chi connectivity index (χ4v) is 3.97. The van der Waals surface area contributed by atoms with Crippen LogP contribution in [0, 0.1) is 5.82 Å². The van der Waals surface area contributed by atoms with Gasteiger partial charge in [-0.2, -0.15) is 4.31 Å². The van der Waals surface area contributed by atoms with Gasteiger partial charge in [0.1, 0.15) is 5.82 Å². The molecular formula is C12H15FN2O3S. The number of ether oxygens (including phenoxy) is 1. The lowest BCUT2D eigenvalue weighted by Crippen LogP contribution is -2.59. The molecule has 2 heterocycles. The van der Waals surface area contributed by atoms with Crippen LogP contribution < -0.4 is 5.32 Å². The van der Waals surface area contributed by atoms with Crippen molar-refractivity contribution < 1.29 is 17.5 Å². The summed E-state index contributed by atoms with van der Waals surface area (Å²) in [6.07, 6.45) is -0.217. The van der Waals surface area contributed by atoms with E-state index in [9.17, 15) is 12.8 Å². The quantitative estimate of drug-likeness (QED) is 0.843. The first-order valence-electron chi connectivity index (χ1n) is 6.17. The zero-order valence-electron chi connectivity index (χ0n) is 10.3. The Morgan fingerprint density at radius 2 is 1.74 bits per heavy atom. The highest BCUT2D eigenvalue weighted by molar-refractivity contribution is 7.89. The molecule has 2 bridgehead atoms. The Hall–Kier alpha value is -1.02. The highest BCUT2D eigenvalue weighted by atomic mass is 32.2. The summed E-state index contributed by atoms with van der Waals surface area (Å²) in [7, 11) is -3.56. The fourth-order valence-electron chi connectivity index (χ4n) is 2.47. The van der Waals surface area contributed by atoms with Crippen molar-refractivity contribution in [2.24, 2.45) is 0 Å². The van der Waals surface area contributed by atoms with Crippen LogP contribution in [0.2, 0.25) is 0 Å². The Kier molecular flexibility index (Phi) is 3.30. The van der Waals surface area contributed by atoms with Gasteiger partial charge in [-0.25, -0.2) is 12.8 Å². The zero-order chi connectivity index (χ0) is 13.5. The standard InChI is InChI=1S/C12H15FN2O3S/c13-9-1-3-12(4-2-9)19(16,17)15-7-10-5-14-6-11(8-15)18-10/h1-4,10-11,14H,5-8H2. The molecule has 0 saturated carbocycles. The van der Waals surface area contributed by atoms with E-state index in [2.05, 4.69) is 5.32 Å². The van der Waals surface area contributed by atoms with Crippen molar-refractivity contribution in [1.29, 1.82) is 0 Å². The summed E-state index contributed by atoms with van der Waals surface area (Å²) in [5, 5.41) is 3.21. The number of hydrogen-bond acceptors (Lipinski definition) is 4. The molecule has 2 aliphatic heterocycles. The molecule has 7 heteroatoms. The van der Waals surface area contributed by atoms with Crippen molar-refractivity contribution in [3.63, 3.8) is 0 Å². The van der Waals surface area contributed by atoms with Crippen LogP contribution in [0.1, 0.15) is 0 Å². The van der Waals surface area contributed by atoms with E-state index in [0.29, 0.717) is 26.2 Å². The first kappa shape index (κ1) is 13.0. The van der Waals surface area contributed by atoms with E-state index in [4.69, 9.17) is 4.74 Å². The van der Waals surface area contributed by atoms with Crippen LogP contribution >= 0.6 is 0 Å². The Balaban J connectivity index is 1.86. The van der Waals surface area contributed by atoms with Crippen molar-refractivity contribution >= 4 is 10.0 Å². The second-order valence-corrected chi connectivity index (χ2v) is 6.75. The van der Waals surface area contributed by atoms with Crippen LogP contribution in [0.3, 0.4) is 0 Å². The molecule has 0 aromatic heterocycles. The lowest BCUT2D eigenvalue weighted by Gasteiger charge is -2.41. The second kappa shape index (κ2) is 4.82. The largest absolute Gasteiger partial charge is 0.370 e. The maximum atomic E-state index is 12.9. The molecule has 2 aliphatic rings. The van der Waals surface area contributed by atoms with Gasteiger partial charge in [0, 0.05) is 26.2 Å². The summed E-state index contributed by atoms with van der Waals surface area (Å²) >= 11 is 0. The second-order valence-electron chi connectivity index (χ2n) is 4.81. The molecule has 2 saturated heterocycles. The topological polar surface area (TPSA) is 58.6 Å². The van der Waals surface area contributed by atoms with Crippen LogP contribution in [-0.4, -0.2) is 51.1 Å². The highest BCUT2D eigenvalue weighted by Gasteiger charge is 2.37. The molecule has 1 N–H and O–H groups in total. The number of sulfonamides is 1. The molecule has 0 amide bonds. The third kappa shape index (κ3) is 2.51. The van der Waals surface area contributed by atoms with E-state index in [0.717, 1.165) is 12.1 Å². The number of halogens is 1. The molecule has 0 aliphatic carbocycles. The van der Waals surface area contributed by atoms with E-state index >= 15 is 0 Å². The summed E-state index contributed by atoms with van der Waals surface area (Å²) in [6, 6.07) is 4.92. The Labute approximate surface area is 111 Å². The molecule has 104 valence electrons. The molecule has 2 atom stereocenters. The summed E-state index contributed by atoms with van der Waals surface area (Å²) < 4.78 is 44.9. The van der Waals surface area contributed by atoms with Gasteiger partial charge in [-0.1, -0.05) is 0 Å². The van der Waals surface area contributed by atoms with E-state index in [1.807, 2.05) is 0 Å². The van der Waals surface area contributed by atoms with Gasteiger partial charge in [0.25, 0.3) is 0 Å². The van der Waals surface area contributed by atoms with Crippen LogP contribution in [-0.2, 0) is 14.8 Å². The molecule has 5 nitrogen and oxygen atoms in total. The fraction of sp³-hybridized carbons (Fsp3) is 0.500. The minimum absolute atomic E-state index is 0.109. The maximum absolute atomic E-state index is 12.9. The molecule has 19 heavy (non-hydrogen) atoms. The molecule has 0 radical (unpaired) electrons. The summed E-state index contributed by atoms with van der Waals surface area (Å²) in [5.74, 6) is -0.443. The smallest absolute Gasteiger partial charge is 0.243 e. The number of nitrogens with zero attached hydrogens (tertiary/aromatic N) is 1. The monoisotopic (exact) mass is 286 g/mol. The van der Waals surface area contributed by atoms with Crippen LogP contribution in [0.15, 0.2) is 29.2 Å². The number of nitrogens with one attached hydrogen (secondary N) is 1. The third-order valence-electron chi connectivity index (χ3n) is 3.39. The van der Waals surface area contributed by atoms with Crippen LogP contribution in [0.5, 0.6) is 0 Å². The van der Waals surface area contributed by atoms with Crippen molar-refractivity contribution in [2.45, 2.75) is 17.1 Å². The van der Waals surface area contributed by atoms with Crippen molar-refractivity contribution in [1.82, 2.24) is 9.62 Å². The van der Waals surface area contributed by atoms with E-state index in [1.54, 1.807) is 0 Å². The lowest BCUT2D eigenvalue weighted by molar-refractivity contribution is -0.0824. The molecule has 0 spiro atoms. The average Bonchev–Trinajstić information content (AvgIpc) is 2.38. The predicted octanol–water partition coefficient (Wildman–Crippen LogP) is 0.187. The zero-order valence-corrected chi connectivity index (χ0v) is 11.1. The van der Waals surface area contributed by atoms with Gasteiger partial charge >= 0.3 is 0 Å². The van der Waals surface area contributed by atoms with Gasteiger partial charge in [0.15, 0.2) is 0 Å². The molecule has 2 unspecified atom stereocenters. The van der Waals surface area contributed by atoms with Gasteiger partial charge in [-0.05, 0) is 24.3 Å². The van der Waals surface area contributed by atoms with E-state index in [1.165, 1.54) is 16.4 Å². The lowest BCUT2D eigenvalue weighted by atomic mass is 10.2. The van der Waals surface area contributed by atoms with E-state index in [-0.39, 0.29) is 17.1 Å². The number of morpholine rings is 2. The van der Waals surface area contributed by atoms with Gasteiger partial charge in [-0.15, -0.1) is 0 Å². The first-order valence-corrected chi connectivity index (χ1v) is 7.61. The van der Waals surface area contributed by atoms with Crippen LogP contribution in [0.4, 0.5) is 4.39 Å². The van der Waals surface area contributed by atoms with Crippen molar-refractivity contribution in [3.8, 4) is 0 Å². The number of benzene rings is 1. The highest BCUT2D eigenvalue weighted by Crippen LogP contribution is 2.22. The predicted molar refractivity (Wildman–Crippen MR) is 66.7 cm³/mol. The first-order chi connectivity index (χ1) is 9.05. The van der Waals surface area contributed by atoms with Crippen molar-refractivity contribution in [2.75, 3.05) is 26.2 Å². The number of hydrogen-bond donors (Lipinski definition) is 1. The van der Waals surface area contributed by atoms with Crippen LogP contribution in [0.25, 0.3) is 0 Å². The molecule has 1 aromatic rings. The SMILES string of the molecule is O=S(=O)(c1ccc(F)cc1)N1CC2CNCC(C1)O2. The van der Waals surface area contributed by atoms with Gasteiger partial charge in [0.2, 0.25) is 10.0 Å². The van der Waals surface area contributed by atoms with Gasteiger partial charge < -0.3 is 10.1 Å². The molecular weight excluding hydrogens is 271 g/mol. The molecule has 2 fully saturated rings. The third-order valence-corrected chi connectivity index (χ3v) is 5.24. The van der Waals surface area contributed by atoms with Crippen molar-refractivity contribution in [3.05, 3.63) is 30.1 Å². The summed E-state index contributed by atoms with van der Waals surface area (Å²) in [5.41, 5.74) is 0. The molecule has 1 aromatic carbocycles. The summed E-state index contributed by atoms with van der Waals surface area (Å²) in [4.78, 5) is 0.127. The minimum atomic E-state index is -3.56. The minimum Gasteiger partial charge on any atom is -0.370 e. The normalized spacial score (nSPS) is 28.3. The Morgan fingerprint density at radius 3 is 2.32 bits per heavy atom. The number of rotatable bonds is 2. The van der Waals surface area contributed by atoms with Gasteiger partial charge in [0.05, 0.1) is 17.1 Å². The number of fused-ring (bicyclic) bond motifs is 2. The Bertz CT molecular complexity index is 549. The Morgan fingerprint density at radius 1 is 1.16 bits per heavy atom. The summed E-state index contributed by atoms with van der Waals surface area (Å²) in [6.45, 7) is 1.99. The van der Waals surface area contributed by atoms with Gasteiger partial charge in [-0.3, -0.25) is 0 Å². The van der Waals surface area contributed by atoms with E-state index < -0.39 is 15.8 Å². The molecule has 3 rings (SSSR count). The maximum Gasteiger partial charge on any atom is 0.243 e.